The maximum Gasteiger partial charge on any atom is 0.148 e. The third-order valence-corrected chi connectivity index (χ3v) is 3.08. The van der Waals surface area contributed by atoms with Gasteiger partial charge >= 0.3 is 0 Å². The molecule has 0 saturated heterocycles. The van der Waals surface area contributed by atoms with E-state index in [4.69, 9.17) is 22.7 Å². The number of hydrogen-bond donors (Lipinski definition) is 1. The number of halogens is 3. The Morgan fingerprint density at radius 3 is 2.21 bits per heavy atom. The van der Waals surface area contributed by atoms with Crippen LogP contribution in [0.25, 0.3) is 0 Å². The summed E-state index contributed by atoms with van der Waals surface area (Å²) in [6.07, 6.45) is 0. The van der Waals surface area contributed by atoms with Crippen LogP contribution in [-0.4, -0.2) is 11.6 Å². The molecule has 0 aliphatic carbocycles. The highest BCUT2D eigenvalue weighted by molar-refractivity contribution is 9.11. The largest absolute Gasteiger partial charge is 0.484 e. The second-order valence-corrected chi connectivity index (χ2v) is 5.60. The normalized spacial score (nSPS) is 9.93. The molecule has 0 bridgehead atoms. The molecule has 0 aliphatic heterocycles. The molecule has 1 rings (SSSR count). The molecule has 1 aromatic rings. The maximum absolute atomic E-state index is 5.40. The molecule has 0 radical (unpaired) electrons. The topological polar surface area (TPSA) is 35.2 Å². The lowest BCUT2D eigenvalue weighted by Gasteiger charge is -2.09. The summed E-state index contributed by atoms with van der Waals surface area (Å²) in [5.41, 5.74) is 5.34. The van der Waals surface area contributed by atoms with Gasteiger partial charge in [0.15, 0.2) is 0 Å². The van der Waals surface area contributed by atoms with Crippen molar-refractivity contribution in [1.82, 2.24) is 0 Å². The van der Waals surface area contributed by atoms with Gasteiger partial charge in [0.05, 0.1) is 8.95 Å². The van der Waals surface area contributed by atoms with Crippen LogP contribution >= 0.6 is 60.0 Å². The van der Waals surface area contributed by atoms with Crippen LogP contribution in [0.15, 0.2) is 25.6 Å². The van der Waals surface area contributed by atoms with Crippen LogP contribution in [0.2, 0.25) is 0 Å². The van der Waals surface area contributed by atoms with E-state index in [0.717, 1.165) is 13.4 Å². The predicted octanol–water partition coefficient (Wildman–Crippen LogP) is 3.64. The van der Waals surface area contributed by atoms with Crippen molar-refractivity contribution in [1.29, 1.82) is 0 Å². The fourth-order valence-corrected chi connectivity index (χ4v) is 3.36. The molecule has 1 aromatic carbocycles. The van der Waals surface area contributed by atoms with Crippen LogP contribution in [0.1, 0.15) is 0 Å². The van der Waals surface area contributed by atoms with Crippen LogP contribution in [0.3, 0.4) is 0 Å². The quantitative estimate of drug-likeness (QED) is 0.782. The molecule has 0 heterocycles. The zero-order valence-corrected chi connectivity index (χ0v) is 12.5. The summed E-state index contributed by atoms with van der Waals surface area (Å²) in [5, 5.41) is 0. The summed E-state index contributed by atoms with van der Waals surface area (Å²) in [5.74, 6) is 0.695. The molecule has 0 saturated carbocycles. The van der Waals surface area contributed by atoms with Gasteiger partial charge in [-0.05, 0) is 44.0 Å². The van der Waals surface area contributed by atoms with Gasteiger partial charge in [-0.15, -0.1) is 0 Å². The molecule has 0 aliphatic rings. The third kappa shape index (κ3) is 3.49. The van der Waals surface area contributed by atoms with Crippen molar-refractivity contribution in [2.45, 2.75) is 0 Å². The zero-order valence-electron chi connectivity index (χ0n) is 6.89. The van der Waals surface area contributed by atoms with Crippen molar-refractivity contribution in [2.75, 3.05) is 6.61 Å². The van der Waals surface area contributed by atoms with Crippen molar-refractivity contribution in [2.24, 2.45) is 5.73 Å². The Morgan fingerprint density at radius 1 is 1.29 bits per heavy atom. The average Bonchev–Trinajstić information content (AvgIpc) is 2.01. The van der Waals surface area contributed by atoms with Gasteiger partial charge in [0.2, 0.25) is 0 Å². The lowest BCUT2D eigenvalue weighted by Crippen LogP contribution is -2.18. The van der Waals surface area contributed by atoms with E-state index in [1.165, 1.54) is 0 Å². The molecule has 76 valence electrons. The molecule has 0 aromatic heterocycles. The van der Waals surface area contributed by atoms with Crippen molar-refractivity contribution in [3.63, 3.8) is 0 Å². The number of ether oxygens (including phenoxy) is 1. The lowest BCUT2D eigenvalue weighted by atomic mass is 10.3. The minimum absolute atomic E-state index is 0.230. The number of nitrogens with two attached hydrogens (primary N) is 1. The first kappa shape index (κ1) is 12.4. The molecule has 2 nitrogen and oxygen atoms in total. The Morgan fingerprint density at radius 2 is 1.79 bits per heavy atom. The molecule has 0 fully saturated rings. The standard InChI is InChI=1S/C8H6Br3NOS/c9-4-1-5(10)8(6(11)2-4)13-3-7(12)14/h1-2H,3H2,(H2,12,14). The van der Waals surface area contributed by atoms with Gasteiger partial charge in [0.25, 0.3) is 0 Å². The van der Waals surface area contributed by atoms with E-state index in [2.05, 4.69) is 47.8 Å². The zero-order chi connectivity index (χ0) is 10.7. The Hall–Kier alpha value is 0.350. The first-order chi connectivity index (χ1) is 6.50. The Bertz CT molecular complexity index is 347. The number of thiocarbonyl (C=S) groups is 1. The summed E-state index contributed by atoms with van der Waals surface area (Å²) in [4.78, 5) is 0.326. The Kier molecular flexibility index (Phi) is 4.82. The fourth-order valence-electron chi connectivity index (χ4n) is 0.810. The van der Waals surface area contributed by atoms with Gasteiger partial charge in [0, 0.05) is 4.47 Å². The highest BCUT2D eigenvalue weighted by atomic mass is 79.9. The highest BCUT2D eigenvalue weighted by Gasteiger charge is 2.08. The van der Waals surface area contributed by atoms with E-state index in [-0.39, 0.29) is 6.61 Å². The lowest BCUT2D eigenvalue weighted by molar-refractivity contribution is 0.373. The predicted molar refractivity (Wildman–Crippen MR) is 71.8 cm³/mol. The van der Waals surface area contributed by atoms with Gasteiger partial charge < -0.3 is 10.5 Å². The molecule has 0 atom stereocenters. The molecular weight excluding hydrogens is 398 g/mol. The maximum atomic E-state index is 5.40. The second-order valence-electron chi connectivity index (χ2n) is 2.45. The Labute approximate surface area is 113 Å². The highest BCUT2D eigenvalue weighted by Crippen LogP contribution is 2.36. The van der Waals surface area contributed by atoms with Gasteiger partial charge in [0.1, 0.15) is 17.3 Å². The van der Waals surface area contributed by atoms with Crippen molar-refractivity contribution < 1.29 is 4.74 Å². The van der Waals surface area contributed by atoms with Crippen molar-refractivity contribution in [3.8, 4) is 5.75 Å². The monoisotopic (exact) mass is 401 g/mol. The average molecular weight is 404 g/mol. The van der Waals surface area contributed by atoms with E-state index in [1.54, 1.807) is 0 Å². The molecular formula is C8H6Br3NOS. The summed E-state index contributed by atoms with van der Waals surface area (Å²) >= 11 is 14.8. The van der Waals surface area contributed by atoms with E-state index in [9.17, 15) is 0 Å². The molecule has 0 unspecified atom stereocenters. The summed E-state index contributed by atoms with van der Waals surface area (Å²) in [6.45, 7) is 0.230. The number of rotatable bonds is 3. The smallest absolute Gasteiger partial charge is 0.148 e. The minimum Gasteiger partial charge on any atom is -0.484 e. The molecule has 6 heteroatoms. The molecule has 2 N–H and O–H groups in total. The minimum atomic E-state index is 0.230. The SMILES string of the molecule is NC(=S)COc1c(Br)cc(Br)cc1Br. The van der Waals surface area contributed by atoms with E-state index < -0.39 is 0 Å². The summed E-state index contributed by atoms with van der Waals surface area (Å²) in [7, 11) is 0. The molecule has 0 amide bonds. The van der Waals surface area contributed by atoms with Gasteiger partial charge in [-0.3, -0.25) is 0 Å². The number of hydrogen-bond acceptors (Lipinski definition) is 2. The van der Waals surface area contributed by atoms with E-state index in [1.807, 2.05) is 12.1 Å². The molecule has 14 heavy (non-hydrogen) atoms. The first-order valence-corrected chi connectivity index (χ1v) is 6.35. The van der Waals surface area contributed by atoms with Crippen LogP contribution in [-0.2, 0) is 0 Å². The van der Waals surface area contributed by atoms with Gasteiger partial charge in [-0.1, -0.05) is 28.1 Å². The molecule has 0 spiro atoms. The number of benzene rings is 1. The van der Waals surface area contributed by atoms with Gasteiger partial charge in [-0.25, -0.2) is 0 Å². The summed E-state index contributed by atoms with van der Waals surface area (Å²) < 4.78 is 8.05. The van der Waals surface area contributed by atoms with Crippen molar-refractivity contribution in [3.05, 3.63) is 25.6 Å². The van der Waals surface area contributed by atoms with E-state index >= 15 is 0 Å². The van der Waals surface area contributed by atoms with Gasteiger partial charge in [-0.2, -0.15) is 0 Å². The Balaban J connectivity index is 2.91. The van der Waals surface area contributed by atoms with E-state index in [0.29, 0.717) is 10.7 Å². The van der Waals surface area contributed by atoms with Crippen LogP contribution in [0.4, 0.5) is 0 Å². The third-order valence-electron chi connectivity index (χ3n) is 1.32. The fraction of sp³-hybridized carbons (Fsp3) is 0.125. The van der Waals surface area contributed by atoms with Crippen molar-refractivity contribution >= 4 is 65.0 Å². The van der Waals surface area contributed by atoms with Crippen LogP contribution < -0.4 is 10.5 Å². The second kappa shape index (κ2) is 5.44. The van der Waals surface area contributed by atoms with Crippen LogP contribution in [0, 0.1) is 0 Å². The first-order valence-electron chi connectivity index (χ1n) is 3.56. The van der Waals surface area contributed by atoms with Crippen LogP contribution in [0.5, 0.6) is 5.75 Å². The summed E-state index contributed by atoms with van der Waals surface area (Å²) in [6, 6.07) is 3.78.